The molecule has 0 heterocycles. The summed E-state index contributed by atoms with van der Waals surface area (Å²) >= 11 is 0. The van der Waals surface area contributed by atoms with Crippen LogP contribution >= 0.6 is 0 Å². The predicted molar refractivity (Wildman–Crippen MR) is 63.5 cm³/mol. The maximum absolute atomic E-state index is 13.2. The average Bonchev–Trinajstić information content (AvgIpc) is 2.32. The first-order valence-electron chi connectivity index (χ1n) is 5.96. The molecular weight excluding hydrogens is 220 g/mol. The van der Waals surface area contributed by atoms with E-state index in [0.29, 0.717) is 18.4 Å². The summed E-state index contributed by atoms with van der Waals surface area (Å²) in [5.41, 5.74) is -0.0968. The van der Waals surface area contributed by atoms with Gasteiger partial charge in [-0.15, -0.1) is 0 Å². The number of halogens is 2. The van der Waals surface area contributed by atoms with E-state index in [2.05, 4.69) is 6.07 Å². The van der Waals surface area contributed by atoms with Gasteiger partial charge in [0.2, 0.25) is 0 Å². The van der Waals surface area contributed by atoms with Crippen molar-refractivity contribution < 1.29 is 8.78 Å². The first-order chi connectivity index (χ1) is 8.09. The van der Waals surface area contributed by atoms with Crippen LogP contribution < -0.4 is 0 Å². The van der Waals surface area contributed by atoms with Crippen molar-refractivity contribution in [1.29, 1.82) is 5.26 Å². The fraction of sp³-hybridized carbons (Fsp3) is 0.500. The molecule has 0 aliphatic carbocycles. The Morgan fingerprint density at radius 2 is 1.71 bits per heavy atom. The molecule has 0 radical (unpaired) electrons. The summed E-state index contributed by atoms with van der Waals surface area (Å²) in [6, 6.07) is 6.07. The molecule has 1 rings (SSSR count). The highest BCUT2D eigenvalue weighted by Gasteiger charge is 2.31. The smallest absolute Gasteiger partial charge is 0.159 e. The van der Waals surface area contributed by atoms with Crippen molar-refractivity contribution in [3.8, 4) is 6.07 Å². The van der Waals surface area contributed by atoms with Crippen molar-refractivity contribution in [2.45, 2.75) is 44.9 Å². The van der Waals surface area contributed by atoms with Crippen LogP contribution in [-0.4, -0.2) is 0 Å². The van der Waals surface area contributed by atoms with Crippen molar-refractivity contribution in [3.63, 3.8) is 0 Å². The fourth-order valence-corrected chi connectivity index (χ4v) is 2.24. The number of hydrogen-bond acceptors (Lipinski definition) is 1. The Bertz CT molecular complexity index is 415. The van der Waals surface area contributed by atoms with Gasteiger partial charge in [-0.2, -0.15) is 5.26 Å². The highest BCUT2D eigenvalue weighted by Crippen LogP contribution is 2.34. The summed E-state index contributed by atoms with van der Waals surface area (Å²) in [6.07, 6.45) is 3.02. The van der Waals surface area contributed by atoms with E-state index in [9.17, 15) is 14.0 Å². The molecule has 92 valence electrons. The van der Waals surface area contributed by atoms with Gasteiger partial charge in [0, 0.05) is 0 Å². The summed E-state index contributed by atoms with van der Waals surface area (Å²) in [6.45, 7) is 3.98. The van der Waals surface area contributed by atoms with Crippen LogP contribution in [0.15, 0.2) is 18.2 Å². The fourth-order valence-electron chi connectivity index (χ4n) is 2.24. The predicted octanol–water partition coefficient (Wildman–Crippen LogP) is 4.33. The lowest BCUT2D eigenvalue weighted by Gasteiger charge is -2.26. The Morgan fingerprint density at radius 1 is 1.12 bits per heavy atom. The van der Waals surface area contributed by atoms with Gasteiger partial charge in [-0.25, -0.2) is 8.78 Å². The third-order valence-electron chi connectivity index (χ3n) is 3.04. The van der Waals surface area contributed by atoms with E-state index in [0.717, 1.165) is 25.0 Å². The Kier molecular flexibility index (Phi) is 4.62. The highest BCUT2D eigenvalue weighted by molar-refractivity contribution is 5.33. The first kappa shape index (κ1) is 13.6. The Hall–Kier alpha value is -1.43. The van der Waals surface area contributed by atoms with Crippen molar-refractivity contribution in [3.05, 3.63) is 35.4 Å². The summed E-state index contributed by atoms with van der Waals surface area (Å²) in [5.74, 6) is -1.75. The lowest BCUT2D eigenvalue weighted by atomic mass is 9.75. The second-order valence-corrected chi connectivity index (χ2v) is 4.32. The SMILES string of the molecule is CCCC(C#N)(CCC)c1ccc(F)c(F)c1. The van der Waals surface area contributed by atoms with E-state index in [1.165, 1.54) is 6.07 Å². The van der Waals surface area contributed by atoms with Crippen molar-refractivity contribution in [2.75, 3.05) is 0 Å². The molecule has 1 nitrogen and oxygen atoms in total. The van der Waals surface area contributed by atoms with Crippen LogP contribution in [-0.2, 0) is 5.41 Å². The topological polar surface area (TPSA) is 23.8 Å². The van der Waals surface area contributed by atoms with E-state index < -0.39 is 17.0 Å². The second kappa shape index (κ2) is 5.77. The average molecular weight is 237 g/mol. The van der Waals surface area contributed by atoms with Crippen LogP contribution in [0.5, 0.6) is 0 Å². The minimum absolute atomic E-state index is 0.586. The molecule has 0 aliphatic rings. The summed E-state index contributed by atoms with van der Waals surface area (Å²) < 4.78 is 26.1. The van der Waals surface area contributed by atoms with Crippen LogP contribution in [0, 0.1) is 23.0 Å². The molecule has 0 saturated carbocycles. The normalized spacial score (nSPS) is 11.2. The lowest BCUT2D eigenvalue weighted by Crippen LogP contribution is -2.24. The monoisotopic (exact) mass is 237 g/mol. The zero-order valence-corrected chi connectivity index (χ0v) is 10.3. The van der Waals surface area contributed by atoms with E-state index >= 15 is 0 Å². The molecule has 0 N–H and O–H groups in total. The molecule has 0 aromatic heterocycles. The zero-order valence-electron chi connectivity index (χ0n) is 10.3. The Balaban J connectivity index is 3.21. The number of rotatable bonds is 5. The standard InChI is InChI=1S/C14H17F2N/c1-3-7-14(10-17,8-4-2)11-5-6-12(15)13(16)9-11/h5-6,9H,3-4,7-8H2,1-2H3. The largest absolute Gasteiger partial charge is 0.204 e. The molecule has 0 bridgehead atoms. The van der Waals surface area contributed by atoms with Crippen molar-refractivity contribution in [1.82, 2.24) is 0 Å². The number of nitriles is 1. The second-order valence-electron chi connectivity index (χ2n) is 4.32. The molecule has 0 unspecified atom stereocenters. The van der Waals surface area contributed by atoms with Gasteiger partial charge in [-0.05, 0) is 30.5 Å². The van der Waals surface area contributed by atoms with E-state index in [1.807, 2.05) is 13.8 Å². The number of nitrogens with zero attached hydrogens (tertiary/aromatic N) is 1. The molecule has 0 atom stereocenters. The van der Waals surface area contributed by atoms with Crippen LogP contribution in [0.1, 0.15) is 45.1 Å². The molecule has 0 aliphatic heterocycles. The van der Waals surface area contributed by atoms with E-state index in [4.69, 9.17) is 0 Å². The maximum Gasteiger partial charge on any atom is 0.159 e. The van der Waals surface area contributed by atoms with Crippen molar-refractivity contribution in [2.24, 2.45) is 0 Å². The third-order valence-corrected chi connectivity index (χ3v) is 3.04. The lowest BCUT2D eigenvalue weighted by molar-refractivity contribution is 0.444. The van der Waals surface area contributed by atoms with Gasteiger partial charge in [-0.1, -0.05) is 32.8 Å². The Morgan fingerprint density at radius 3 is 2.12 bits per heavy atom. The maximum atomic E-state index is 13.2. The molecule has 3 heteroatoms. The van der Waals surface area contributed by atoms with Gasteiger partial charge < -0.3 is 0 Å². The van der Waals surface area contributed by atoms with E-state index in [1.54, 1.807) is 0 Å². The van der Waals surface area contributed by atoms with Crippen LogP contribution in [0.4, 0.5) is 8.78 Å². The molecule has 1 aromatic rings. The van der Waals surface area contributed by atoms with Gasteiger partial charge in [0.25, 0.3) is 0 Å². The number of hydrogen-bond donors (Lipinski definition) is 0. The van der Waals surface area contributed by atoms with Gasteiger partial charge >= 0.3 is 0 Å². The minimum Gasteiger partial charge on any atom is -0.204 e. The molecule has 0 saturated heterocycles. The molecular formula is C14H17F2N. The summed E-state index contributed by atoms with van der Waals surface area (Å²) in [7, 11) is 0. The highest BCUT2D eigenvalue weighted by atomic mass is 19.2. The van der Waals surface area contributed by atoms with Crippen LogP contribution in [0.3, 0.4) is 0 Å². The molecule has 0 fully saturated rings. The quantitative estimate of drug-likeness (QED) is 0.747. The Labute approximate surface area is 101 Å². The molecule has 0 spiro atoms. The zero-order chi connectivity index (χ0) is 12.9. The van der Waals surface area contributed by atoms with Gasteiger partial charge in [0.15, 0.2) is 11.6 Å². The van der Waals surface area contributed by atoms with Gasteiger partial charge in [0.1, 0.15) is 0 Å². The van der Waals surface area contributed by atoms with E-state index in [-0.39, 0.29) is 0 Å². The molecule has 0 amide bonds. The summed E-state index contributed by atoms with van der Waals surface area (Å²) in [4.78, 5) is 0. The van der Waals surface area contributed by atoms with Crippen LogP contribution in [0.25, 0.3) is 0 Å². The van der Waals surface area contributed by atoms with Gasteiger partial charge in [-0.3, -0.25) is 0 Å². The van der Waals surface area contributed by atoms with Gasteiger partial charge in [0.05, 0.1) is 11.5 Å². The van der Waals surface area contributed by atoms with Crippen LogP contribution in [0.2, 0.25) is 0 Å². The first-order valence-corrected chi connectivity index (χ1v) is 5.96. The van der Waals surface area contributed by atoms with Crippen molar-refractivity contribution >= 4 is 0 Å². The molecule has 1 aromatic carbocycles. The summed E-state index contributed by atoms with van der Waals surface area (Å²) in [5, 5.41) is 9.39. The minimum atomic E-state index is -0.880. The molecule has 17 heavy (non-hydrogen) atoms. The number of benzene rings is 1. The third kappa shape index (κ3) is 2.82.